The molecule has 3 aliphatic rings. The Morgan fingerprint density at radius 2 is 1.26 bits per heavy atom. The SMILES string of the molecule is CC#CCSC#CC12c3ccccc3C(c3ccccc31)c1ccccc12. The minimum atomic E-state index is -0.398. The van der Waals surface area contributed by atoms with Crippen molar-refractivity contribution in [1.82, 2.24) is 0 Å². The van der Waals surface area contributed by atoms with E-state index in [1.807, 2.05) is 6.92 Å². The van der Waals surface area contributed by atoms with E-state index in [9.17, 15) is 0 Å². The lowest BCUT2D eigenvalue weighted by Crippen LogP contribution is -2.41. The summed E-state index contributed by atoms with van der Waals surface area (Å²) in [4.78, 5) is 0. The molecule has 3 aliphatic carbocycles. The van der Waals surface area contributed by atoms with E-state index in [1.54, 1.807) is 11.8 Å². The zero-order valence-electron chi connectivity index (χ0n) is 15.1. The van der Waals surface area contributed by atoms with Crippen LogP contribution in [0.15, 0.2) is 72.8 Å². The molecule has 0 aliphatic heterocycles. The standard InChI is InChI=1S/C26H18S/c1-2-3-17-27-18-16-26-22-13-7-4-10-19(22)25(20-11-5-8-14-23(20)26)21-12-6-9-15-24(21)26/h4-15,25H,17H2,1H3. The van der Waals surface area contributed by atoms with Gasteiger partial charge in [-0.25, -0.2) is 0 Å². The Morgan fingerprint density at radius 1 is 0.778 bits per heavy atom. The van der Waals surface area contributed by atoms with Crippen molar-refractivity contribution in [1.29, 1.82) is 0 Å². The highest BCUT2D eigenvalue weighted by atomic mass is 32.2. The molecule has 27 heavy (non-hydrogen) atoms. The van der Waals surface area contributed by atoms with Crippen molar-refractivity contribution in [2.24, 2.45) is 0 Å². The highest BCUT2D eigenvalue weighted by Gasteiger charge is 2.50. The quantitative estimate of drug-likeness (QED) is 0.404. The van der Waals surface area contributed by atoms with Crippen LogP contribution in [0.2, 0.25) is 0 Å². The highest BCUT2D eigenvalue weighted by molar-refractivity contribution is 8.04. The van der Waals surface area contributed by atoms with Crippen LogP contribution in [0.5, 0.6) is 0 Å². The zero-order valence-corrected chi connectivity index (χ0v) is 15.9. The fourth-order valence-corrected chi connectivity index (χ4v) is 5.18. The first kappa shape index (κ1) is 16.3. The Labute approximate surface area is 165 Å². The van der Waals surface area contributed by atoms with Gasteiger partial charge in [0.25, 0.3) is 0 Å². The first-order valence-electron chi connectivity index (χ1n) is 9.19. The van der Waals surface area contributed by atoms with Gasteiger partial charge in [0, 0.05) is 5.92 Å². The molecule has 0 unspecified atom stereocenters. The Balaban J connectivity index is 1.83. The molecule has 6 rings (SSSR count). The molecule has 3 aromatic rings. The molecule has 0 fully saturated rings. The average molecular weight is 362 g/mol. The van der Waals surface area contributed by atoms with Crippen molar-refractivity contribution in [3.63, 3.8) is 0 Å². The van der Waals surface area contributed by atoms with Gasteiger partial charge in [-0.3, -0.25) is 0 Å². The van der Waals surface area contributed by atoms with Gasteiger partial charge < -0.3 is 0 Å². The van der Waals surface area contributed by atoms with Crippen molar-refractivity contribution in [3.05, 3.63) is 106 Å². The van der Waals surface area contributed by atoms with Gasteiger partial charge in [0.05, 0.1) is 5.75 Å². The molecule has 0 atom stereocenters. The molecule has 2 bridgehead atoms. The summed E-state index contributed by atoms with van der Waals surface area (Å²) in [7, 11) is 0. The number of hydrogen-bond acceptors (Lipinski definition) is 1. The summed E-state index contributed by atoms with van der Waals surface area (Å²) in [5.41, 5.74) is 7.78. The molecular weight excluding hydrogens is 344 g/mol. The molecular formula is C26H18S. The van der Waals surface area contributed by atoms with E-state index in [0.29, 0.717) is 5.92 Å². The van der Waals surface area contributed by atoms with Gasteiger partial charge in [-0.2, -0.15) is 0 Å². The molecule has 0 N–H and O–H groups in total. The van der Waals surface area contributed by atoms with Crippen molar-refractivity contribution in [3.8, 4) is 23.0 Å². The second-order valence-electron chi connectivity index (χ2n) is 6.89. The Morgan fingerprint density at radius 3 is 1.74 bits per heavy atom. The average Bonchev–Trinajstić information content (AvgIpc) is 2.74. The van der Waals surface area contributed by atoms with Crippen LogP contribution in [0.25, 0.3) is 0 Å². The monoisotopic (exact) mass is 362 g/mol. The maximum Gasteiger partial charge on any atom is 0.108 e. The summed E-state index contributed by atoms with van der Waals surface area (Å²) in [5, 5.41) is 3.39. The molecule has 0 heterocycles. The van der Waals surface area contributed by atoms with E-state index >= 15 is 0 Å². The van der Waals surface area contributed by atoms with E-state index in [-0.39, 0.29) is 0 Å². The smallest absolute Gasteiger partial charge is 0.106 e. The number of hydrogen-bond donors (Lipinski definition) is 0. The zero-order chi connectivity index (χ0) is 18.3. The molecule has 0 saturated carbocycles. The number of thioether (sulfide) groups is 1. The lowest BCUT2D eigenvalue weighted by molar-refractivity contribution is 0.666. The molecule has 0 radical (unpaired) electrons. The third kappa shape index (κ3) is 2.22. The van der Waals surface area contributed by atoms with Crippen molar-refractivity contribution < 1.29 is 0 Å². The predicted molar refractivity (Wildman–Crippen MR) is 114 cm³/mol. The molecule has 0 amide bonds. The van der Waals surface area contributed by atoms with Crippen LogP contribution in [0, 0.1) is 23.0 Å². The highest BCUT2D eigenvalue weighted by Crippen LogP contribution is 2.58. The van der Waals surface area contributed by atoms with Crippen LogP contribution in [-0.2, 0) is 5.41 Å². The maximum atomic E-state index is 3.70. The van der Waals surface area contributed by atoms with Crippen LogP contribution in [0.1, 0.15) is 46.2 Å². The summed E-state index contributed by atoms with van der Waals surface area (Å²) < 4.78 is 0. The summed E-state index contributed by atoms with van der Waals surface area (Å²) >= 11 is 1.59. The lowest BCUT2D eigenvalue weighted by Gasteiger charge is -2.48. The van der Waals surface area contributed by atoms with Crippen LogP contribution in [0.3, 0.4) is 0 Å². The van der Waals surface area contributed by atoms with Crippen molar-refractivity contribution in [2.75, 3.05) is 5.75 Å². The molecule has 0 saturated heterocycles. The topological polar surface area (TPSA) is 0 Å². The fraction of sp³-hybridized carbons (Fsp3) is 0.154. The number of benzene rings is 3. The van der Waals surface area contributed by atoms with Gasteiger partial charge in [0.15, 0.2) is 0 Å². The van der Waals surface area contributed by atoms with E-state index < -0.39 is 5.41 Å². The third-order valence-electron chi connectivity index (χ3n) is 5.66. The van der Waals surface area contributed by atoms with Crippen molar-refractivity contribution in [2.45, 2.75) is 18.3 Å². The van der Waals surface area contributed by atoms with Gasteiger partial charge in [-0.05, 0) is 45.6 Å². The third-order valence-corrected chi connectivity index (χ3v) is 6.19. The molecule has 0 spiro atoms. The Bertz CT molecular complexity index is 1050. The van der Waals surface area contributed by atoms with Crippen LogP contribution in [0.4, 0.5) is 0 Å². The maximum absolute atomic E-state index is 3.70. The van der Waals surface area contributed by atoms with Crippen LogP contribution >= 0.6 is 11.8 Å². The Hall–Kier alpha value is -2.87. The van der Waals surface area contributed by atoms with Gasteiger partial charge in [0.2, 0.25) is 0 Å². The molecule has 0 nitrogen and oxygen atoms in total. The normalized spacial score (nSPS) is 20.3. The van der Waals surface area contributed by atoms with Gasteiger partial charge in [0.1, 0.15) is 5.41 Å². The van der Waals surface area contributed by atoms with Crippen LogP contribution in [-0.4, -0.2) is 5.75 Å². The van der Waals surface area contributed by atoms with E-state index in [4.69, 9.17) is 0 Å². The Kier molecular flexibility index (Phi) is 3.86. The van der Waals surface area contributed by atoms with Gasteiger partial charge in [-0.15, -0.1) is 5.92 Å². The summed E-state index contributed by atoms with van der Waals surface area (Å²) in [6.45, 7) is 1.87. The summed E-state index contributed by atoms with van der Waals surface area (Å²) in [5.74, 6) is 10.8. The molecule has 3 aromatic carbocycles. The number of rotatable bonds is 1. The molecule has 128 valence electrons. The van der Waals surface area contributed by atoms with Crippen molar-refractivity contribution >= 4 is 11.8 Å². The van der Waals surface area contributed by atoms with Gasteiger partial charge in [-0.1, -0.05) is 96.4 Å². The lowest BCUT2D eigenvalue weighted by atomic mass is 9.53. The van der Waals surface area contributed by atoms with Crippen LogP contribution < -0.4 is 0 Å². The first-order valence-corrected chi connectivity index (χ1v) is 10.2. The van der Waals surface area contributed by atoms with Gasteiger partial charge >= 0.3 is 0 Å². The van der Waals surface area contributed by atoms with E-state index in [2.05, 4.69) is 95.8 Å². The minimum absolute atomic E-state index is 0.302. The summed E-state index contributed by atoms with van der Waals surface area (Å²) in [6.07, 6.45) is 0. The minimum Gasteiger partial charge on any atom is -0.106 e. The largest absolute Gasteiger partial charge is 0.108 e. The fourth-order valence-electron chi connectivity index (χ4n) is 4.67. The van der Waals surface area contributed by atoms with E-state index in [0.717, 1.165) is 5.75 Å². The predicted octanol–water partition coefficient (Wildman–Crippen LogP) is 5.55. The first-order chi connectivity index (χ1) is 13.4. The molecule has 1 heteroatoms. The summed E-state index contributed by atoms with van der Waals surface area (Å²) in [6, 6.07) is 26.5. The van der Waals surface area contributed by atoms with E-state index in [1.165, 1.54) is 33.4 Å². The second kappa shape index (κ2) is 6.38. The molecule has 0 aromatic heterocycles. The second-order valence-corrected chi connectivity index (χ2v) is 7.67.